The molecule has 1 atom stereocenters. The normalized spacial score (nSPS) is 12.9. The van der Waals surface area contributed by atoms with Crippen LogP contribution >= 0.6 is 11.5 Å². The summed E-state index contributed by atoms with van der Waals surface area (Å²) in [6.07, 6.45) is 1.61. The highest BCUT2D eigenvalue weighted by Gasteiger charge is 2.14. The van der Waals surface area contributed by atoms with E-state index in [2.05, 4.69) is 4.37 Å². The summed E-state index contributed by atoms with van der Waals surface area (Å²) < 4.78 is 3.80. The Kier molecular flexibility index (Phi) is 2.01. The van der Waals surface area contributed by atoms with Gasteiger partial charge in [-0.2, -0.15) is 0 Å². The van der Waals surface area contributed by atoms with Crippen molar-refractivity contribution in [2.24, 2.45) is 0 Å². The quantitative estimate of drug-likeness (QED) is 0.704. The van der Waals surface area contributed by atoms with Gasteiger partial charge in [0.15, 0.2) is 0 Å². The Morgan fingerprint density at radius 1 is 1.90 bits per heavy atom. The van der Waals surface area contributed by atoms with E-state index in [-0.39, 0.29) is 0 Å². The third-order valence-corrected chi connectivity index (χ3v) is 2.18. The summed E-state index contributed by atoms with van der Waals surface area (Å²) in [6.45, 7) is 1.65. The van der Waals surface area contributed by atoms with E-state index < -0.39 is 11.9 Å². The molecule has 0 radical (unpaired) electrons. The molecule has 1 rings (SSSR count). The standard InChI is InChI=1S/C6H7NO2S/c1-4(6(8)9)5-2-3-7-10-5/h2-4H,1H3,(H,8,9). The number of carboxylic acid groups (broad SMARTS) is 1. The molecule has 54 valence electrons. The van der Waals surface area contributed by atoms with Crippen molar-refractivity contribution in [1.82, 2.24) is 4.37 Å². The molecule has 0 saturated heterocycles. The van der Waals surface area contributed by atoms with E-state index in [0.717, 1.165) is 4.88 Å². The van der Waals surface area contributed by atoms with Gasteiger partial charge in [-0.15, -0.1) is 0 Å². The molecule has 0 aliphatic carbocycles. The van der Waals surface area contributed by atoms with Crippen molar-refractivity contribution in [3.8, 4) is 0 Å². The molecule has 0 aliphatic rings. The Hall–Kier alpha value is -0.900. The van der Waals surface area contributed by atoms with Crippen LogP contribution in [0.15, 0.2) is 12.3 Å². The highest BCUT2D eigenvalue weighted by molar-refractivity contribution is 7.05. The van der Waals surface area contributed by atoms with Gasteiger partial charge in [-0.25, -0.2) is 4.37 Å². The van der Waals surface area contributed by atoms with Crippen LogP contribution in [-0.2, 0) is 4.79 Å². The number of carbonyl (C=O) groups is 1. The van der Waals surface area contributed by atoms with Crippen molar-refractivity contribution in [2.45, 2.75) is 12.8 Å². The molecule has 0 aromatic carbocycles. The molecule has 0 bridgehead atoms. The van der Waals surface area contributed by atoms with E-state index in [9.17, 15) is 4.79 Å². The lowest BCUT2D eigenvalue weighted by atomic mass is 10.1. The molecular formula is C6H7NO2S. The second-order valence-corrected chi connectivity index (χ2v) is 2.84. The van der Waals surface area contributed by atoms with Crippen molar-refractivity contribution < 1.29 is 9.90 Å². The highest BCUT2D eigenvalue weighted by Crippen LogP contribution is 2.17. The zero-order valence-electron chi connectivity index (χ0n) is 5.44. The molecule has 0 aliphatic heterocycles. The summed E-state index contributed by atoms with van der Waals surface area (Å²) in [5.74, 6) is -1.23. The van der Waals surface area contributed by atoms with Gasteiger partial charge >= 0.3 is 5.97 Å². The van der Waals surface area contributed by atoms with Crippen LogP contribution in [0.4, 0.5) is 0 Å². The second-order valence-electron chi connectivity index (χ2n) is 1.97. The molecular weight excluding hydrogens is 150 g/mol. The largest absolute Gasteiger partial charge is 0.481 e. The lowest BCUT2D eigenvalue weighted by Gasteiger charge is -1.98. The number of rotatable bonds is 2. The van der Waals surface area contributed by atoms with Gasteiger partial charge in [-0.1, -0.05) is 0 Å². The van der Waals surface area contributed by atoms with Crippen LogP contribution in [0.2, 0.25) is 0 Å². The maximum Gasteiger partial charge on any atom is 0.311 e. The monoisotopic (exact) mass is 157 g/mol. The predicted octanol–water partition coefficient (Wildman–Crippen LogP) is 1.33. The maximum absolute atomic E-state index is 10.4. The molecule has 0 fully saturated rings. The van der Waals surface area contributed by atoms with Gasteiger partial charge in [0.05, 0.1) is 5.92 Å². The zero-order chi connectivity index (χ0) is 7.56. The van der Waals surface area contributed by atoms with E-state index in [4.69, 9.17) is 5.11 Å². The molecule has 0 saturated carbocycles. The summed E-state index contributed by atoms with van der Waals surface area (Å²) >= 11 is 1.23. The fourth-order valence-corrected chi connectivity index (χ4v) is 1.19. The predicted molar refractivity (Wildman–Crippen MR) is 38.2 cm³/mol. The van der Waals surface area contributed by atoms with E-state index >= 15 is 0 Å². The molecule has 0 spiro atoms. The second kappa shape index (κ2) is 2.79. The first-order valence-electron chi connectivity index (χ1n) is 2.85. The van der Waals surface area contributed by atoms with Gasteiger partial charge in [-0.3, -0.25) is 4.79 Å². The third-order valence-electron chi connectivity index (χ3n) is 1.25. The Balaban J connectivity index is 2.77. The fraction of sp³-hybridized carbons (Fsp3) is 0.333. The zero-order valence-corrected chi connectivity index (χ0v) is 6.26. The number of aromatic nitrogens is 1. The summed E-state index contributed by atoms with van der Waals surface area (Å²) in [5, 5.41) is 8.53. The minimum Gasteiger partial charge on any atom is -0.481 e. The first-order chi connectivity index (χ1) is 4.72. The average molecular weight is 157 g/mol. The van der Waals surface area contributed by atoms with Crippen molar-refractivity contribution in [3.63, 3.8) is 0 Å². The fourth-order valence-electron chi connectivity index (χ4n) is 0.571. The Labute approximate surface area is 62.5 Å². The number of hydrogen-bond acceptors (Lipinski definition) is 3. The molecule has 1 aromatic heterocycles. The molecule has 1 N–H and O–H groups in total. The lowest BCUT2D eigenvalue weighted by molar-refractivity contribution is -0.138. The Bertz CT molecular complexity index is 220. The molecule has 1 heterocycles. The SMILES string of the molecule is CC(C(=O)O)c1ccns1. The number of aliphatic carboxylic acids is 1. The molecule has 0 amide bonds. The molecule has 1 unspecified atom stereocenters. The van der Waals surface area contributed by atoms with Crippen molar-refractivity contribution in [2.75, 3.05) is 0 Å². The number of nitrogens with zero attached hydrogens (tertiary/aromatic N) is 1. The van der Waals surface area contributed by atoms with Gasteiger partial charge in [0.2, 0.25) is 0 Å². The van der Waals surface area contributed by atoms with Crippen LogP contribution in [0, 0.1) is 0 Å². The average Bonchev–Trinajstić information content (AvgIpc) is 2.36. The van der Waals surface area contributed by atoms with Crippen molar-refractivity contribution in [3.05, 3.63) is 17.1 Å². The van der Waals surface area contributed by atoms with E-state index in [1.807, 2.05) is 0 Å². The maximum atomic E-state index is 10.4. The van der Waals surface area contributed by atoms with E-state index in [0.29, 0.717) is 0 Å². The Morgan fingerprint density at radius 2 is 2.60 bits per heavy atom. The number of hydrogen-bond donors (Lipinski definition) is 1. The summed E-state index contributed by atoms with van der Waals surface area (Å²) in [6, 6.07) is 1.73. The highest BCUT2D eigenvalue weighted by atomic mass is 32.1. The smallest absolute Gasteiger partial charge is 0.311 e. The van der Waals surface area contributed by atoms with Gasteiger partial charge in [0.1, 0.15) is 0 Å². The minimum atomic E-state index is -0.802. The van der Waals surface area contributed by atoms with Crippen LogP contribution in [0.25, 0.3) is 0 Å². The Morgan fingerprint density at radius 3 is 3.00 bits per heavy atom. The van der Waals surface area contributed by atoms with Gasteiger partial charge < -0.3 is 5.11 Å². The van der Waals surface area contributed by atoms with Crippen LogP contribution in [-0.4, -0.2) is 15.4 Å². The number of carboxylic acids is 1. The molecule has 3 nitrogen and oxygen atoms in total. The summed E-state index contributed by atoms with van der Waals surface area (Å²) in [7, 11) is 0. The minimum absolute atomic E-state index is 0.424. The lowest BCUT2D eigenvalue weighted by Crippen LogP contribution is -2.04. The van der Waals surface area contributed by atoms with Crippen LogP contribution < -0.4 is 0 Å². The van der Waals surface area contributed by atoms with Crippen LogP contribution in [0.1, 0.15) is 17.7 Å². The first-order valence-corrected chi connectivity index (χ1v) is 3.62. The van der Waals surface area contributed by atoms with Crippen LogP contribution in [0.3, 0.4) is 0 Å². The van der Waals surface area contributed by atoms with E-state index in [1.165, 1.54) is 11.5 Å². The topological polar surface area (TPSA) is 50.2 Å². The van der Waals surface area contributed by atoms with Gasteiger partial charge in [0.25, 0.3) is 0 Å². The van der Waals surface area contributed by atoms with E-state index in [1.54, 1.807) is 19.2 Å². The first kappa shape index (κ1) is 7.21. The van der Waals surface area contributed by atoms with Crippen molar-refractivity contribution in [1.29, 1.82) is 0 Å². The summed E-state index contributed by atoms with van der Waals surface area (Å²) in [5.41, 5.74) is 0. The van der Waals surface area contributed by atoms with Gasteiger partial charge in [0, 0.05) is 11.1 Å². The van der Waals surface area contributed by atoms with Gasteiger partial charge in [-0.05, 0) is 24.5 Å². The molecule has 10 heavy (non-hydrogen) atoms. The van der Waals surface area contributed by atoms with Crippen molar-refractivity contribution >= 4 is 17.5 Å². The third kappa shape index (κ3) is 1.33. The van der Waals surface area contributed by atoms with Crippen LogP contribution in [0.5, 0.6) is 0 Å². The summed E-state index contributed by atoms with van der Waals surface area (Å²) in [4.78, 5) is 11.2. The molecule has 4 heteroatoms. The molecule has 1 aromatic rings.